The maximum Gasteiger partial charge on any atom is 0.162 e. The first-order valence-corrected chi connectivity index (χ1v) is 6.43. The molecule has 3 unspecified atom stereocenters. The molecular formula is C14H17F2NO. The van der Waals surface area contributed by atoms with Crippen LogP contribution in [0.25, 0.3) is 0 Å². The molecule has 0 spiro atoms. The summed E-state index contributed by atoms with van der Waals surface area (Å²) in [5.74, 6) is -1.53. The third-order valence-corrected chi connectivity index (χ3v) is 4.41. The molecule has 1 aromatic carbocycles. The monoisotopic (exact) mass is 253 g/mol. The smallest absolute Gasteiger partial charge is 0.162 e. The molecule has 2 N–H and O–H groups in total. The van der Waals surface area contributed by atoms with E-state index in [0.717, 1.165) is 25.3 Å². The molecule has 4 heteroatoms. The predicted octanol–water partition coefficient (Wildman–Crippen LogP) is 2.40. The van der Waals surface area contributed by atoms with Crippen LogP contribution in [0.5, 0.6) is 0 Å². The van der Waals surface area contributed by atoms with Crippen LogP contribution in [0, 0.1) is 17.0 Å². The molecule has 98 valence electrons. The maximum atomic E-state index is 13.7. The maximum absolute atomic E-state index is 13.7. The van der Waals surface area contributed by atoms with E-state index in [9.17, 15) is 8.78 Å². The minimum atomic E-state index is -0.788. The van der Waals surface area contributed by atoms with Gasteiger partial charge >= 0.3 is 0 Å². The van der Waals surface area contributed by atoms with Gasteiger partial charge in [0.1, 0.15) is 0 Å². The van der Waals surface area contributed by atoms with E-state index in [1.165, 1.54) is 0 Å². The van der Waals surface area contributed by atoms with E-state index < -0.39 is 11.6 Å². The third kappa shape index (κ3) is 1.75. The largest absolute Gasteiger partial charge is 0.374 e. The van der Waals surface area contributed by atoms with Crippen molar-refractivity contribution in [3.63, 3.8) is 0 Å². The molecule has 2 aliphatic heterocycles. The third-order valence-electron chi connectivity index (χ3n) is 4.41. The van der Waals surface area contributed by atoms with Crippen molar-refractivity contribution in [2.24, 2.45) is 11.1 Å². The summed E-state index contributed by atoms with van der Waals surface area (Å²) in [4.78, 5) is 0. The molecule has 18 heavy (non-hydrogen) atoms. The SMILES string of the molecule is NCC1(Cc2cccc(F)c2F)CC2CCC1O2. The normalized spacial score (nSPS) is 34.2. The molecule has 1 aromatic rings. The second-order valence-corrected chi connectivity index (χ2v) is 5.48. The van der Waals surface area contributed by atoms with E-state index in [1.807, 2.05) is 0 Å². The van der Waals surface area contributed by atoms with Gasteiger partial charge in [0.2, 0.25) is 0 Å². The number of fused-ring (bicyclic) bond motifs is 2. The molecule has 2 aliphatic rings. The van der Waals surface area contributed by atoms with E-state index in [4.69, 9.17) is 10.5 Å². The van der Waals surface area contributed by atoms with Crippen LogP contribution < -0.4 is 5.73 Å². The van der Waals surface area contributed by atoms with Crippen LogP contribution in [0.3, 0.4) is 0 Å². The van der Waals surface area contributed by atoms with Crippen molar-refractivity contribution in [3.05, 3.63) is 35.4 Å². The van der Waals surface area contributed by atoms with Crippen LogP contribution >= 0.6 is 0 Å². The molecule has 2 fully saturated rings. The Hall–Kier alpha value is -1.00. The summed E-state index contributed by atoms with van der Waals surface area (Å²) in [6, 6.07) is 4.33. The Bertz CT molecular complexity index is 465. The number of hydrogen-bond donors (Lipinski definition) is 1. The summed E-state index contributed by atoms with van der Waals surface area (Å²) in [6.07, 6.45) is 3.75. The summed E-state index contributed by atoms with van der Waals surface area (Å²) in [7, 11) is 0. The lowest BCUT2D eigenvalue weighted by molar-refractivity contribution is 0.0632. The topological polar surface area (TPSA) is 35.2 Å². The highest BCUT2D eigenvalue weighted by molar-refractivity contribution is 5.22. The van der Waals surface area contributed by atoms with Crippen molar-refractivity contribution < 1.29 is 13.5 Å². The van der Waals surface area contributed by atoms with Crippen molar-refractivity contribution in [1.29, 1.82) is 0 Å². The lowest BCUT2D eigenvalue weighted by Gasteiger charge is -2.34. The van der Waals surface area contributed by atoms with E-state index in [1.54, 1.807) is 12.1 Å². The molecule has 0 aliphatic carbocycles. The van der Waals surface area contributed by atoms with Crippen molar-refractivity contribution in [2.75, 3.05) is 6.54 Å². The lowest BCUT2D eigenvalue weighted by atomic mass is 9.70. The number of nitrogens with two attached hydrogens (primary N) is 1. The van der Waals surface area contributed by atoms with Crippen molar-refractivity contribution in [1.82, 2.24) is 0 Å². The quantitative estimate of drug-likeness (QED) is 0.897. The van der Waals surface area contributed by atoms with Crippen molar-refractivity contribution in [2.45, 2.75) is 37.9 Å². The molecule has 0 amide bonds. The first-order valence-electron chi connectivity index (χ1n) is 6.43. The fourth-order valence-corrected chi connectivity index (χ4v) is 3.43. The van der Waals surface area contributed by atoms with Crippen LogP contribution in [0.4, 0.5) is 8.78 Å². The van der Waals surface area contributed by atoms with Crippen LogP contribution in [0.1, 0.15) is 24.8 Å². The Morgan fingerprint density at radius 3 is 2.78 bits per heavy atom. The minimum absolute atomic E-state index is 0.107. The number of rotatable bonds is 3. The Morgan fingerprint density at radius 2 is 2.17 bits per heavy atom. The standard InChI is InChI=1S/C14H17F2NO/c15-11-3-1-2-9(13(11)16)6-14(8-17)7-10-4-5-12(14)18-10/h1-3,10,12H,4-8,17H2. The summed E-state index contributed by atoms with van der Waals surface area (Å²) in [6.45, 7) is 0.462. The fourth-order valence-electron chi connectivity index (χ4n) is 3.43. The Kier molecular flexibility index (Phi) is 2.87. The van der Waals surface area contributed by atoms with Gasteiger partial charge in [-0.05, 0) is 37.3 Å². The number of hydrogen-bond acceptors (Lipinski definition) is 2. The molecule has 2 heterocycles. The number of benzene rings is 1. The molecule has 3 atom stereocenters. The fraction of sp³-hybridized carbons (Fsp3) is 0.571. The Balaban J connectivity index is 1.88. The Labute approximate surface area is 105 Å². The average Bonchev–Trinajstić information content (AvgIpc) is 2.96. The second kappa shape index (κ2) is 4.28. The van der Waals surface area contributed by atoms with Crippen LogP contribution in [-0.4, -0.2) is 18.8 Å². The van der Waals surface area contributed by atoms with Gasteiger partial charge in [-0.2, -0.15) is 0 Å². The van der Waals surface area contributed by atoms with Crippen LogP contribution in [0.15, 0.2) is 18.2 Å². The lowest BCUT2D eigenvalue weighted by Crippen LogP contribution is -2.41. The molecule has 2 nitrogen and oxygen atoms in total. The zero-order valence-corrected chi connectivity index (χ0v) is 10.2. The summed E-state index contributed by atoms with van der Waals surface area (Å²) >= 11 is 0. The molecule has 2 bridgehead atoms. The van der Waals surface area contributed by atoms with Gasteiger partial charge in [0.25, 0.3) is 0 Å². The van der Waals surface area contributed by atoms with E-state index in [-0.39, 0.29) is 17.6 Å². The van der Waals surface area contributed by atoms with Gasteiger partial charge in [0.05, 0.1) is 12.2 Å². The van der Waals surface area contributed by atoms with E-state index in [0.29, 0.717) is 18.5 Å². The summed E-state index contributed by atoms with van der Waals surface area (Å²) in [5, 5.41) is 0. The van der Waals surface area contributed by atoms with Gasteiger partial charge in [-0.1, -0.05) is 12.1 Å². The van der Waals surface area contributed by atoms with Gasteiger partial charge in [0, 0.05) is 12.0 Å². The molecule has 0 saturated carbocycles. The highest BCUT2D eigenvalue weighted by Gasteiger charge is 2.51. The van der Waals surface area contributed by atoms with Crippen LogP contribution in [-0.2, 0) is 11.2 Å². The molecular weight excluding hydrogens is 236 g/mol. The van der Waals surface area contributed by atoms with Crippen LogP contribution in [0.2, 0.25) is 0 Å². The zero-order valence-electron chi connectivity index (χ0n) is 10.2. The minimum Gasteiger partial charge on any atom is -0.374 e. The highest BCUT2D eigenvalue weighted by Crippen LogP contribution is 2.49. The van der Waals surface area contributed by atoms with Crippen molar-refractivity contribution >= 4 is 0 Å². The predicted molar refractivity (Wildman–Crippen MR) is 64.1 cm³/mol. The van der Waals surface area contributed by atoms with Crippen molar-refractivity contribution in [3.8, 4) is 0 Å². The molecule has 2 saturated heterocycles. The number of ether oxygens (including phenoxy) is 1. The zero-order chi connectivity index (χ0) is 12.8. The number of halogens is 2. The van der Waals surface area contributed by atoms with Gasteiger partial charge in [-0.25, -0.2) is 8.78 Å². The summed E-state index contributed by atoms with van der Waals surface area (Å²) < 4.78 is 32.8. The van der Waals surface area contributed by atoms with Gasteiger partial charge < -0.3 is 10.5 Å². The summed E-state index contributed by atoms with van der Waals surface area (Å²) in [5.41, 5.74) is 6.10. The average molecular weight is 253 g/mol. The van der Waals surface area contributed by atoms with E-state index in [2.05, 4.69) is 0 Å². The second-order valence-electron chi connectivity index (χ2n) is 5.48. The molecule has 3 rings (SSSR count). The van der Waals surface area contributed by atoms with Gasteiger partial charge in [0.15, 0.2) is 11.6 Å². The molecule has 0 radical (unpaired) electrons. The Morgan fingerprint density at radius 1 is 1.33 bits per heavy atom. The van der Waals surface area contributed by atoms with E-state index >= 15 is 0 Å². The first-order chi connectivity index (χ1) is 8.64. The molecule has 0 aromatic heterocycles. The van der Waals surface area contributed by atoms with Gasteiger partial charge in [-0.15, -0.1) is 0 Å². The van der Waals surface area contributed by atoms with Gasteiger partial charge in [-0.3, -0.25) is 0 Å². The highest BCUT2D eigenvalue weighted by atomic mass is 19.2. The first kappa shape index (κ1) is 12.1.